The number of carbonyl (C=O) groups is 2. The zero-order chi connectivity index (χ0) is 20.0. The van der Waals surface area contributed by atoms with Crippen molar-refractivity contribution in [2.24, 2.45) is 17.3 Å². The molecule has 4 heteroatoms. The Morgan fingerprint density at radius 1 is 0.731 bits per heavy atom. The lowest BCUT2D eigenvalue weighted by molar-refractivity contribution is -0.174. The molecule has 0 aliphatic carbocycles. The molecule has 26 heavy (non-hydrogen) atoms. The molecule has 0 rings (SSSR count). The van der Waals surface area contributed by atoms with Gasteiger partial charge >= 0.3 is 11.9 Å². The molecule has 0 aliphatic rings. The third-order valence-electron chi connectivity index (χ3n) is 4.68. The molecule has 0 heterocycles. The van der Waals surface area contributed by atoms with Gasteiger partial charge in [-0.3, -0.25) is 9.59 Å². The van der Waals surface area contributed by atoms with Crippen molar-refractivity contribution in [2.45, 2.75) is 99.3 Å². The smallest absolute Gasteiger partial charge is 0.323 e. The largest absolute Gasteiger partial charge is 0.465 e. The fourth-order valence-corrected chi connectivity index (χ4v) is 3.07. The van der Waals surface area contributed by atoms with Crippen LogP contribution in [0.25, 0.3) is 0 Å². The number of ether oxygens (including phenoxy) is 2. The van der Waals surface area contributed by atoms with E-state index >= 15 is 0 Å². The van der Waals surface area contributed by atoms with E-state index in [4.69, 9.17) is 9.47 Å². The summed E-state index contributed by atoms with van der Waals surface area (Å²) in [4.78, 5) is 25.8. The summed E-state index contributed by atoms with van der Waals surface area (Å²) < 4.78 is 10.9. The summed E-state index contributed by atoms with van der Waals surface area (Å²) in [6, 6.07) is 0. The summed E-state index contributed by atoms with van der Waals surface area (Å²) in [5.74, 6) is 0.416. The first kappa shape index (κ1) is 24.9. The van der Waals surface area contributed by atoms with Gasteiger partial charge in [0.25, 0.3) is 0 Å². The Labute approximate surface area is 161 Å². The maximum atomic E-state index is 12.9. The molecule has 0 atom stereocenters. The maximum absolute atomic E-state index is 12.9. The van der Waals surface area contributed by atoms with Gasteiger partial charge in [0.1, 0.15) is 0 Å². The lowest BCUT2D eigenvalue weighted by Crippen LogP contribution is -2.42. The predicted octanol–water partition coefficient (Wildman–Crippen LogP) is 5.92. The normalized spacial score (nSPS) is 11.8. The molecule has 0 bridgehead atoms. The van der Waals surface area contributed by atoms with Crippen LogP contribution in [0.4, 0.5) is 0 Å². The number of esters is 2. The van der Waals surface area contributed by atoms with Gasteiger partial charge < -0.3 is 9.47 Å². The van der Waals surface area contributed by atoms with Gasteiger partial charge in [-0.25, -0.2) is 0 Å². The topological polar surface area (TPSA) is 52.6 Å². The fourth-order valence-electron chi connectivity index (χ4n) is 3.07. The monoisotopic (exact) mass is 370 g/mol. The molecular formula is C22H42O4. The molecule has 0 amide bonds. The Morgan fingerprint density at radius 2 is 1.15 bits per heavy atom. The molecule has 0 aromatic carbocycles. The zero-order valence-corrected chi connectivity index (χ0v) is 18.1. The summed E-state index contributed by atoms with van der Waals surface area (Å²) in [5.41, 5.74) is -1.13. The van der Waals surface area contributed by atoms with Crippen molar-refractivity contribution in [1.29, 1.82) is 0 Å². The van der Waals surface area contributed by atoms with Gasteiger partial charge in [-0.1, -0.05) is 73.6 Å². The minimum atomic E-state index is -1.13. The van der Waals surface area contributed by atoms with Crippen molar-refractivity contribution >= 4 is 11.9 Å². The van der Waals surface area contributed by atoms with Gasteiger partial charge in [-0.15, -0.1) is 0 Å². The average Bonchev–Trinajstić information content (AvgIpc) is 2.58. The number of hydrogen-bond acceptors (Lipinski definition) is 4. The van der Waals surface area contributed by atoms with E-state index in [2.05, 4.69) is 27.7 Å². The molecule has 0 saturated carbocycles. The average molecular weight is 371 g/mol. The lowest BCUT2D eigenvalue weighted by Gasteiger charge is -2.30. The highest BCUT2D eigenvalue weighted by Crippen LogP contribution is 2.36. The fraction of sp³-hybridized carbons (Fsp3) is 0.909. The van der Waals surface area contributed by atoms with Crippen molar-refractivity contribution < 1.29 is 19.1 Å². The summed E-state index contributed by atoms with van der Waals surface area (Å²) in [5, 5.41) is 0. The lowest BCUT2D eigenvalue weighted by atomic mass is 9.77. The van der Waals surface area contributed by atoms with Crippen molar-refractivity contribution in [2.75, 3.05) is 13.2 Å². The highest BCUT2D eigenvalue weighted by molar-refractivity contribution is 6.00. The van der Waals surface area contributed by atoms with Crippen LogP contribution in [0.3, 0.4) is 0 Å². The molecule has 0 saturated heterocycles. The molecule has 0 unspecified atom stereocenters. The van der Waals surface area contributed by atoms with E-state index in [1.807, 2.05) is 13.8 Å². The maximum Gasteiger partial charge on any atom is 0.323 e. The van der Waals surface area contributed by atoms with Crippen LogP contribution in [0.2, 0.25) is 0 Å². The van der Waals surface area contributed by atoms with E-state index < -0.39 is 5.41 Å². The molecular weight excluding hydrogens is 328 g/mol. The van der Waals surface area contributed by atoms with Crippen LogP contribution < -0.4 is 0 Å². The quantitative estimate of drug-likeness (QED) is 0.204. The second-order valence-electron chi connectivity index (χ2n) is 8.28. The van der Waals surface area contributed by atoms with Crippen LogP contribution >= 0.6 is 0 Å². The van der Waals surface area contributed by atoms with Crippen LogP contribution in [0.1, 0.15) is 99.3 Å². The number of unbranched alkanes of at least 4 members (excludes halogenated alkanes) is 1. The number of hydrogen-bond donors (Lipinski definition) is 0. The standard InChI is InChI=1S/C22H42O4/c1-7-16-25-20(23)22(15-11-13-19(5)6,21(24)26-17-8-2)14-10-9-12-18(3)4/h18-19H,7-17H2,1-6H3. The Kier molecular flexibility index (Phi) is 13.5. The van der Waals surface area contributed by atoms with Crippen LogP contribution in [0.5, 0.6) is 0 Å². The van der Waals surface area contributed by atoms with Crippen LogP contribution in [0.15, 0.2) is 0 Å². The van der Waals surface area contributed by atoms with E-state index in [-0.39, 0.29) is 11.9 Å². The summed E-state index contributed by atoms with van der Waals surface area (Å²) in [6.07, 6.45) is 7.38. The SMILES string of the molecule is CCCOC(=O)C(CCCCC(C)C)(CCCC(C)C)C(=O)OCCC. The molecule has 0 aromatic heterocycles. The second kappa shape index (κ2) is 14.1. The van der Waals surface area contributed by atoms with Gasteiger partial charge in [-0.2, -0.15) is 0 Å². The zero-order valence-electron chi connectivity index (χ0n) is 18.1. The van der Waals surface area contributed by atoms with E-state index in [9.17, 15) is 9.59 Å². The first-order valence-electron chi connectivity index (χ1n) is 10.6. The minimum Gasteiger partial charge on any atom is -0.465 e. The molecule has 0 aliphatic heterocycles. The molecule has 0 fully saturated rings. The molecule has 0 aromatic rings. The van der Waals surface area contributed by atoms with Crippen molar-refractivity contribution in [3.05, 3.63) is 0 Å². The van der Waals surface area contributed by atoms with Crippen LogP contribution in [-0.2, 0) is 19.1 Å². The molecule has 4 nitrogen and oxygen atoms in total. The van der Waals surface area contributed by atoms with E-state index in [1.165, 1.54) is 0 Å². The number of carbonyl (C=O) groups excluding carboxylic acids is 2. The Hall–Kier alpha value is -1.06. The van der Waals surface area contributed by atoms with E-state index in [1.54, 1.807) is 0 Å². The number of rotatable bonds is 15. The van der Waals surface area contributed by atoms with Gasteiger partial charge in [0.2, 0.25) is 0 Å². The van der Waals surface area contributed by atoms with Gasteiger partial charge in [0.15, 0.2) is 5.41 Å². The highest BCUT2D eigenvalue weighted by atomic mass is 16.6. The third-order valence-corrected chi connectivity index (χ3v) is 4.68. The third kappa shape index (κ3) is 9.59. The second-order valence-corrected chi connectivity index (χ2v) is 8.28. The predicted molar refractivity (Wildman–Crippen MR) is 107 cm³/mol. The van der Waals surface area contributed by atoms with Crippen LogP contribution in [-0.4, -0.2) is 25.2 Å². The Morgan fingerprint density at radius 3 is 1.58 bits per heavy atom. The van der Waals surface area contributed by atoms with Gasteiger partial charge in [-0.05, 0) is 37.5 Å². The molecule has 154 valence electrons. The summed E-state index contributed by atoms with van der Waals surface area (Å²) in [7, 11) is 0. The van der Waals surface area contributed by atoms with Gasteiger partial charge in [0, 0.05) is 0 Å². The highest BCUT2D eigenvalue weighted by Gasteiger charge is 2.47. The van der Waals surface area contributed by atoms with Crippen molar-refractivity contribution in [1.82, 2.24) is 0 Å². The molecule has 0 radical (unpaired) electrons. The van der Waals surface area contributed by atoms with Gasteiger partial charge in [0.05, 0.1) is 13.2 Å². The summed E-state index contributed by atoms with van der Waals surface area (Å²) >= 11 is 0. The van der Waals surface area contributed by atoms with Crippen LogP contribution in [0, 0.1) is 17.3 Å². The minimum absolute atomic E-state index is 0.359. The molecule has 0 spiro atoms. The van der Waals surface area contributed by atoms with E-state index in [0.717, 1.165) is 44.9 Å². The first-order chi connectivity index (χ1) is 12.3. The Bertz CT molecular complexity index is 368. The Balaban J connectivity index is 5.28. The van der Waals surface area contributed by atoms with Crippen molar-refractivity contribution in [3.63, 3.8) is 0 Å². The first-order valence-corrected chi connectivity index (χ1v) is 10.6. The molecule has 0 N–H and O–H groups in total. The van der Waals surface area contributed by atoms with E-state index in [0.29, 0.717) is 37.9 Å². The van der Waals surface area contributed by atoms with Crippen molar-refractivity contribution in [3.8, 4) is 0 Å². The summed E-state index contributed by atoms with van der Waals surface area (Å²) in [6.45, 7) is 13.4.